The molecule has 1 aliphatic heterocycles. The molecular weight excluding hydrogens is 536 g/mol. The number of allylic oxidation sites excluding steroid dienone is 2. The van der Waals surface area contributed by atoms with Gasteiger partial charge in [-0.25, -0.2) is 8.42 Å². The molecule has 0 amide bonds. The Morgan fingerprint density at radius 1 is 1.02 bits per heavy atom. The van der Waals surface area contributed by atoms with E-state index >= 15 is 0 Å². The van der Waals surface area contributed by atoms with Crippen LogP contribution in [0.2, 0.25) is 0 Å². The van der Waals surface area contributed by atoms with Crippen LogP contribution >= 0.6 is 0 Å². The van der Waals surface area contributed by atoms with Gasteiger partial charge in [-0.3, -0.25) is 9.69 Å². The first-order chi connectivity index (χ1) is 19.4. The second-order valence-electron chi connectivity index (χ2n) is 14.0. The van der Waals surface area contributed by atoms with Gasteiger partial charge in [0.05, 0.1) is 25.2 Å². The number of sulfonamides is 1. The Kier molecular flexibility index (Phi) is 8.68. The van der Waals surface area contributed by atoms with Crippen LogP contribution in [0.4, 0.5) is 0 Å². The van der Waals surface area contributed by atoms with Gasteiger partial charge in [0, 0.05) is 31.6 Å². The highest BCUT2D eigenvalue weighted by Crippen LogP contribution is 2.64. The lowest BCUT2D eigenvalue weighted by atomic mass is 9.46. The summed E-state index contributed by atoms with van der Waals surface area (Å²) >= 11 is 0. The molecular formula is C33H50N2O5S. The van der Waals surface area contributed by atoms with Gasteiger partial charge in [0.25, 0.3) is 0 Å². The van der Waals surface area contributed by atoms with Crippen LogP contribution in [-0.2, 0) is 19.6 Å². The summed E-state index contributed by atoms with van der Waals surface area (Å²) in [5.41, 5.74) is 2.35. The van der Waals surface area contributed by atoms with Crippen molar-refractivity contribution in [1.29, 1.82) is 0 Å². The molecule has 1 saturated heterocycles. The summed E-state index contributed by atoms with van der Waals surface area (Å²) in [5.74, 6) is 1.68. The zero-order valence-corrected chi connectivity index (χ0v) is 26.6. The Bertz CT molecular complexity index is 1240. The molecule has 0 radical (unpaired) electrons. The molecule has 2 saturated carbocycles. The molecule has 0 N–H and O–H groups in total. The van der Waals surface area contributed by atoms with Crippen molar-refractivity contribution in [2.45, 2.75) is 84.0 Å². The summed E-state index contributed by atoms with van der Waals surface area (Å²) in [6, 6.07) is 6.48. The largest absolute Gasteiger partial charge is 0.497 e. The fourth-order valence-electron chi connectivity index (χ4n) is 8.59. The van der Waals surface area contributed by atoms with Gasteiger partial charge in [0.15, 0.2) is 0 Å². The molecule has 5 atom stereocenters. The minimum absolute atomic E-state index is 0.00881. The second-order valence-corrected chi connectivity index (χ2v) is 15.9. The van der Waals surface area contributed by atoms with Gasteiger partial charge in [0.2, 0.25) is 10.0 Å². The number of benzene rings is 1. The first kappa shape index (κ1) is 30.6. The Morgan fingerprint density at radius 2 is 1.73 bits per heavy atom. The number of carbonyl (C=O) groups is 1. The number of nitrogens with zero attached hydrogens (tertiary/aromatic N) is 2. The van der Waals surface area contributed by atoms with Gasteiger partial charge in [0.1, 0.15) is 5.75 Å². The molecule has 7 nitrogen and oxygen atoms in total. The van der Waals surface area contributed by atoms with Gasteiger partial charge in [-0.1, -0.05) is 52.2 Å². The van der Waals surface area contributed by atoms with E-state index in [0.29, 0.717) is 55.8 Å². The number of fused-ring (bicyclic) bond motifs is 3. The summed E-state index contributed by atoms with van der Waals surface area (Å²) in [7, 11) is -2.02. The van der Waals surface area contributed by atoms with Crippen molar-refractivity contribution in [3.63, 3.8) is 0 Å². The van der Waals surface area contributed by atoms with Gasteiger partial charge < -0.3 is 9.47 Å². The van der Waals surface area contributed by atoms with Crippen molar-refractivity contribution in [3.05, 3.63) is 35.9 Å². The van der Waals surface area contributed by atoms with E-state index in [1.807, 2.05) is 4.90 Å². The first-order valence-corrected chi connectivity index (χ1v) is 17.1. The van der Waals surface area contributed by atoms with Crippen LogP contribution in [0, 0.1) is 28.1 Å². The van der Waals surface area contributed by atoms with E-state index in [2.05, 4.69) is 33.8 Å². The molecule has 2 unspecified atom stereocenters. The Morgan fingerprint density at radius 3 is 2.39 bits per heavy atom. The minimum atomic E-state index is -3.58. The van der Waals surface area contributed by atoms with Crippen LogP contribution in [0.5, 0.6) is 5.75 Å². The second kappa shape index (κ2) is 11.6. The molecule has 0 spiro atoms. The normalized spacial score (nSPS) is 34.7. The van der Waals surface area contributed by atoms with E-state index in [-0.39, 0.29) is 28.2 Å². The summed E-state index contributed by atoms with van der Waals surface area (Å²) in [4.78, 5) is 15.3. The fraction of sp³-hybridized carbons (Fsp3) is 0.727. The van der Waals surface area contributed by atoms with E-state index in [1.165, 1.54) is 49.3 Å². The lowest BCUT2D eigenvalue weighted by Crippen LogP contribution is -2.52. The molecule has 3 aliphatic carbocycles. The third kappa shape index (κ3) is 5.98. The number of hydrogen-bond acceptors (Lipinski definition) is 6. The zero-order chi connectivity index (χ0) is 29.5. The van der Waals surface area contributed by atoms with Crippen LogP contribution < -0.4 is 4.74 Å². The van der Waals surface area contributed by atoms with Crippen molar-refractivity contribution in [2.24, 2.45) is 28.1 Å². The smallest absolute Gasteiger partial charge is 0.320 e. The molecule has 3 fully saturated rings. The van der Waals surface area contributed by atoms with E-state index < -0.39 is 10.0 Å². The van der Waals surface area contributed by atoms with E-state index in [1.54, 1.807) is 36.9 Å². The molecule has 1 aromatic rings. The highest BCUT2D eigenvalue weighted by Gasteiger charge is 2.55. The average molecular weight is 587 g/mol. The van der Waals surface area contributed by atoms with Crippen LogP contribution in [0.3, 0.4) is 0 Å². The summed E-state index contributed by atoms with van der Waals surface area (Å²) in [6.45, 7) is 12.1. The fourth-order valence-corrected chi connectivity index (χ4v) is 10.0. The summed E-state index contributed by atoms with van der Waals surface area (Å²) < 4.78 is 38.8. The third-order valence-electron chi connectivity index (χ3n) is 11.3. The van der Waals surface area contributed by atoms with Crippen molar-refractivity contribution < 1.29 is 22.7 Å². The number of hydrogen-bond donors (Lipinski definition) is 0. The highest BCUT2D eigenvalue weighted by molar-refractivity contribution is 7.89. The van der Waals surface area contributed by atoms with E-state index in [9.17, 15) is 13.2 Å². The first-order valence-electron chi connectivity index (χ1n) is 15.7. The molecule has 4 aliphatic rings. The van der Waals surface area contributed by atoms with Crippen molar-refractivity contribution in [1.82, 2.24) is 9.21 Å². The van der Waals surface area contributed by atoms with Crippen molar-refractivity contribution in [2.75, 3.05) is 46.4 Å². The molecule has 0 bridgehead atoms. The maximum absolute atomic E-state index is 13.1. The maximum Gasteiger partial charge on any atom is 0.320 e. The van der Waals surface area contributed by atoms with Crippen molar-refractivity contribution >= 4 is 16.0 Å². The third-order valence-corrected chi connectivity index (χ3v) is 13.2. The van der Waals surface area contributed by atoms with Gasteiger partial charge >= 0.3 is 5.97 Å². The average Bonchev–Trinajstić information content (AvgIpc) is 2.96. The number of rotatable bonds is 8. The van der Waals surface area contributed by atoms with E-state index in [4.69, 9.17) is 9.47 Å². The van der Waals surface area contributed by atoms with Crippen LogP contribution in [0.1, 0.15) is 79.1 Å². The number of carbonyl (C=O) groups excluding carboxylic acids is 1. The maximum atomic E-state index is 13.1. The van der Waals surface area contributed by atoms with Crippen LogP contribution in [-0.4, -0.2) is 70.0 Å². The minimum Gasteiger partial charge on any atom is -0.497 e. The molecule has 41 heavy (non-hydrogen) atoms. The lowest BCUT2D eigenvalue weighted by Gasteiger charge is -2.59. The summed E-state index contributed by atoms with van der Waals surface area (Å²) in [6.07, 6.45) is 12.4. The molecule has 1 heterocycles. The number of esters is 1. The van der Waals surface area contributed by atoms with Gasteiger partial charge in [-0.2, -0.15) is 4.31 Å². The van der Waals surface area contributed by atoms with Crippen molar-refractivity contribution in [3.8, 4) is 5.75 Å². The number of methoxy groups -OCH3 is 1. The Hall–Kier alpha value is -1.90. The van der Waals surface area contributed by atoms with Crippen LogP contribution in [0.15, 0.2) is 40.8 Å². The zero-order valence-electron chi connectivity index (χ0n) is 25.8. The topological polar surface area (TPSA) is 76.2 Å². The summed E-state index contributed by atoms with van der Waals surface area (Å²) in [5, 5.41) is 0. The van der Waals surface area contributed by atoms with Crippen LogP contribution in [0.25, 0.3) is 0 Å². The standard InChI is InChI=1S/C33H50N2O5S/c1-6-31(2)17-14-28-25(22-31)8-13-29-32(3,15-7-16-33(28,29)4)24-40-30(36)23-34-18-20-35(21-19-34)41(37,38)27-11-9-26(39-5)10-12-27/h9-12,14,25,29H,6-8,13,15-24H2,1-5H3/t25?,29?,31-,32-,33-/m0/s1. The molecule has 228 valence electrons. The van der Waals surface area contributed by atoms with E-state index in [0.717, 1.165) is 6.42 Å². The lowest BCUT2D eigenvalue weighted by molar-refractivity contribution is -0.154. The van der Waals surface area contributed by atoms with Gasteiger partial charge in [-0.15, -0.1) is 0 Å². The Labute approximate surface area is 247 Å². The number of ether oxygens (including phenoxy) is 2. The molecule has 0 aromatic heterocycles. The number of piperazine rings is 1. The monoisotopic (exact) mass is 586 g/mol. The predicted octanol–water partition coefficient (Wildman–Crippen LogP) is 5.90. The molecule has 8 heteroatoms. The SMILES string of the molecule is CC[C@@]1(C)CC=C2C(CCC3[C@](C)(COC(=O)CN4CCN(S(=O)(=O)c5ccc(OC)cc5)CC4)CCC[C@@]23C)C1. The quantitative estimate of drug-likeness (QED) is 0.279. The predicted molar refractivity (Wildman–Crippen MR) is 161 cm³/mol. The molecule has 5 rings (SSSR count). The highest BCUT2D eigenvalue weighted by atomic mass is 32.2. The van der Waals surface area contributed by atoms with Gasteiger partial charge in [-0.05, 0) is 85.5 Å². The molecule has 1 aromatic carbocycles. The Balaban J connectivity index is 1.15.